The molecule has 0 atom stereocenters. The molecule has 0 radical (unpaired) electrons. The van der Waals surface area contributed by atoms with E-state index < -0.39 is 0 Å². The first-order chi connectivity index (χ1) is 7.04. The first kappa shape index (κ1) is 12.6. The molecular formula is C12H15BrClN. The molecule has 0 fully saturated rings. The van der Waals surface area contributed by atoms with E-state index in [-0.39, 0.29) is 0 Å². The van der Waals surface area contributed by atoms with Gasteiger partial charge in [0.05, 0.1) is 5.69 Å². The van der Waals surface area contributed by atoms with E-state index in [1.807, 2.05) is 6.92 Å². The maximum Gasteiger partial charge on any atom is 0.0517 e. The molecule has 0 saturated carbocycles. The number of rotatable bonds is 3. The third-order valence-electron chi connectivity index (χ3n) is 2.16. The van der Waals surface area contributed by atoms with E-state index in [2.05, 4.69) is 47.2 Å². The second-order valence-electron chi connectivity index (χ2n) is 3.75. The normalized spacial score (nSPS) is 11.7. The van der Waals surface area contributed by atoms with Crippen molar-refractivity contribution < 1.29 is 0 Å². The van der Waals surface area contributed by atoms with Crippen LogP contribution >= 0.6 is 27.5 Å². The van der Waals surface area contributed by atoms with Gasteiger partial charge in [-0.3, -0.25) is 0 Å². The van der Waals surface area contributed by atoms with Crippen molar-refractivity contribution >= 4 is 33.2 Å². The number of anilines is 1. The SMILES string of the molecule is CC(=CCl)CNc1c(C)cc(C)cc1Br. The number of benzene rings is 1. The van der Waals surface area contributed by atoms with Gasteiger partial charge in [-0.1, -0.05) is 17.7 Å². The Kier molecular flexibility index (Phi) is 4.68. The van der Waals surface area contributed by atoms with Crippen LogP contribution in [0.2, 0.25) is 0 Å². The van der Waals surface area contributed by atoms with Crippen LogP contribution in [0.1, 0.15) is 18.1 Å². The Balaban J connectivity index is 2.86. The van der Waals surface area contributed by atoms with Gasteiger partial charge in [-0.05, 0) is 59.5 Å². The molecule has 0 bridgehead atoms. The molecule has 0 aliphatic heterocycles. The Morgan fingerprint density at radius 3 is 2.67 bits per heavy atom. The number of hydrogen-bond acceptors (Lipinski definition) is 1. The van der Waals surface area contributed by atoms with Crippen molar-refractivity contribution in [3.05, 3.63) is 38.8 Å². The lowest BCUT2D eigenvalue weighted by molar-refractivity contribution is 1.19. The van der Waals surface area contributed by atoms with Gasteiger partial charge >= 0.3 is 0 Å². The van der Waals surface area contributed by atoms with Gasteiger partial charge in [0, 0.05) is 16.6 Å². The van der Waals surface area contributed by atoms with Crippen molar-refractivity contribution in [2.24, 2.45) is 0 Å². The topological polar surface area (TPSA) is 12.0 Å². The highest BCUT2D eigenvalue weighted by Crippen LogP contribution is 2.27. The second-order valence-corrected chi connectivity index (χ2v) is 4.82. The van der Waals surface area contributed by atoms with E-state index in [4.69, 9.17) is 11.6 Å². The lowest BCUT2D eigenvalue weighted by Gasteiger charge is -2.12. The Morgan fingerprint density at radius 2 is 2.13 bits per heavy atom. The van der Waals surface area contributed by atoms with Gasteiger partial charge in [0.2, 0.25) is 0 Å². The fourth-order valence-electron chi connectivity index (χ4n) is 1.41. The van der Waals surface area contributed by atoms with Crippen LogP contribution in [0.3, 0.4) is 0 Å². The summed E-state index contributed by atoms with van der Waals surface area (Å²) in [7, 11) is 0. The highest BCUT2D eigenvalue weighted by molar-refractivity contribution is 9.10. The van der Waals surface area contributed by atoms with Crippen LogP contribution in [0.4, 0.5) is 5.69 Å². The number of hydrogen-bond donors (Lipinski definition) is 1. The zero-order valence-electron chi connectivity index (χ0n) is 9.20. The predicted octanol–water partition coefficient (Wildman–Crippen LogP) is 4.62. The molecule has 82 valence electrons. The Bertz CT molecular complexity index is 362. The average Bonchev–Trinajstić information content (AvgIpc) is 2.15. The maximum absolute atomic E-state index is 5.61. The van der Waals surface area contributed by atoms with E-state index in [0.717, 1.165) is 22.3 Å². The summed E-state index contributed by atoms with van der Waals surface area (Å²) < 4.78 is 1.10. The minimum Gasteiger partial charge on any atom is -0.380 e. The molecule has 0 saturated heterocycles. The van der Waals surface area contributed by atoms with Crippen molar-refractivity contribution in [3.8, 4) is 0 Å². The fourth-order valence-corrected chi connectivity index (χ4v) is 2.30. The molecule has 0 aliphatic rings. The number of halogens is 2. The summed E-state index contributed by atoms with van der Waals surface area (Å²) in [5, 5.41) is 3.36. The van der Waals surface area contributed by atoms with Gasteiger partial charge in [-0.2, -0.15) is 0 Å². The molecule has 0 aliphatic carbocycles. The van der Waals surface area contributed by atoms with E-state index >= 15 is 0 Å². The van der Waals surface area contributed by atoms with Gasteiger partial charge < -0.3 is 5.32 Å². The van der Waals surface area contributed by atoms with E-state index in [1.54, 1.807) is 5.54 Å². The lowest BCUT2D eigenvalue weighted by atomic mass is 10.1. The van der Waals surface area contributed by atoms with Crippen LogP contribution in [-0.2, 0) is 0 Å². The van der Waals surface area contributed by atoms with Crippen LogP contribution in [0.25, 0.3) is 0 Å². The zero-order chi connectivity index (χ0) is 11.4. The molecular weight excluding hydrogens is 273 g/mol. The molecule has 1 aromatic carbocycles. The molecule has 1 aromatic rings. The van der Waals surface area contributed by atoms with Gasteiger partial charge in [-0.25, -0.2) is 0 Å². The lowest BCUT2D eigenvalue weighted by Crippen LogP contribution is -2.04. The van der Waals surface area contributed by atoms with Crippen molar-refractivity contribution in [2.45, 2.75) is 20.8 Å². The Morgan fingerprint density at radius 1 is 1.47 bits per heavy atom. The van der Waals surface area contributed by atoms with Crippen molar-refractivity contribution in [1.29, 1.82) is 0 Å². The van der Waals surface area contributed by atoms with Crippen LogP contribution in [-0.4, -0.2) is 6.54 Å². The number of nitrogens with one attached hydrogen (secondary N) is 1. The minimum atomic E-state index is 0.770. The molecule has 1 nitrogen and oxygen atoms in total. The molecule has 3 heteroatoms. The van der Waals surface area contributed by atoms with Crippen LogP contribution in [0, 0.1) is 13.8 Å². The highest BCUT2D eigenvalue weighted by atomic mass is 79.9. The molecule has 0 spiro atoms. The van der Waals surface area contributed by atoms with Gasteiger partial charge in [0.1, 0.15) is 0 Å². The summed E-state index contributed by atoms with van der Waals surface area (Å²) in [5.74, 6) is 0. The van der Waals surface area contributed by atoms with Crippen LogP contribution in [0.15, 0.2) is 27.7 Å². The standard InChI is InChI=1S/C12H15BrClN/c1-8-4-10(3)12(11(13)5-8)15-7-9(2)6-14/h4-6,15H,7H2,1-3H3. The molecule has 1 N–H and O–H groups in total. The first-order valence-corrected chi connectivity index (χ1v) is 6.04. The summed E-state index contributed by atoms with van der Waals surface area (Å²) in [5.41, 5.74) is 6.35. The number of aryl methyl sites for hydroxylation is 2. The second kappa shape index (κ2) is 5.57. The summed E-state index contributed by atoms with van der Waals surface area (Å²) in [6.45, 7) is 6.95. The Labute approximate surface area is 105 Å². The quantitative estimate of drug-likeness (QED) is 0.856. The molecule has 0 aromatic heterocycles. The molecule has 1 rings (SSSR count). The average molecular weight is 289 g/mol. The molecule has 0 heterocycles. The Hall–Kier alpha value is -0.470. The minimum absolute atomic E-state index is 0.770. The summed E-state index contributed by atoms with van der Waals surface area (Å²) in [6.07, 6.45) is 0. The monoisotopic (exact) mass is 287 g/mol. The third kappa shape index (κ3) is 3.54. The van der Waals surface area contributed by atoms with E-state index in [1.165, 1.54) is 11.1 Å². The molecule has 0 unspecified atom stereocenters. The van der Waals surface area contributed by atoms with Crippen LogP contribution < -0.4 is 5.32 Å². The van der Waals surface area contributed by atoms with Crippen molar-refractivity contribution in [2.75, 3.05) is 11.9 Å². The third-order valence-corrected chi connectivity index (χ3v) is 3.16. The fraction of sp³-hybridized carbons (Fsp3) is 0.333. The van der Waals surface area contributed by atoms with Crippen molar-refractivity contribution in [3.63, 3.8) is 0 Å². The summed E-state index contributed by atoms with van der Waals surface area (Å²) in [6, 6.07) is 4.27. The zero-order valence-corrected chi connectivity index (χ0v) is 11.5. The molecule has 15 heavy (non-hydrogen) atoms. The molecule has 0 amide bonds. The van der Waals surface area contributed by atoms with Gasteiger partial charge in [-0.15, -0.1) is 0 Å². The van der Waals surface area contributed by atoms with Crippen molar-refractivity contribution in [1.82, 2.24) is 0 Å². The van der Waals surface area contributed by atoms with E-state index in [9.17, 15) is 0 Å². The highest BCUT2D eigenvalue weighted by Gasteiger charge is 2.04. The van der Waals surface area contributed by atoms with Gasteiger partial charge in [0.15, 0.2) is 0 Å². The smallest absolute Gasteiger partial charge is 0.0517 e. The first-order valence-electron chi connectivity index (χ1n) is 4.81. The van der Waals surface area contributed by atoms with Gasteiger partial charge in [0.25, 0.3) is 0 Å². The van der Waals surface area contributed by atoms with Crippen LogP contribution in [0.5, 0.6) is 0 Å². The maximum atomic E-state index is 5.61. The summed E-state index contributed by atoms with van der Waals surface area (Å²) in [4.78, 5) is 0. The largest absolute Gasteiger partial charge is 0.380 e. The predicted molar refractivity (Wildman–Crippen MR) is 71.7 cm³/mol. The summed E-state index contributed by atoms with van der Waals surface area (Å²) >= 11 is 9.16. The van der Waals surface area contributed by atoms with E-state index in [0.29, 0.717) is 0 Å².